The average molecular weight is 443 g/mol. The van der Waals surface area contributed by atoms with E-state index in [-0.39, 0.29) is 23.5 Å². The highest BCUT2D eigenvalue weighted by Crippen LogP contribution is 2.20. The third-order valence-electron chi connectivity index (χ3n) is 5.27. The van der Waals surface area contributed by atoms with Gasteiger partial charge >= 0.3 is 0 Å². The van der Waals surface area contributed by atoms with Gasteiger partial charge in [-0.05, 0) is 49.2 Å². The quantitative estimate of drug-likeness (QED) is 0.377. The number of nitrogens with zero attached hydrogens (tertiary/aromatic N) is 7. The van der Waals surface area contributed by atoms with E-state index in [0.717, 1.165) is 22.4 Å². The summed E-state index contributed by atoms with van der Waals surface area (Å²) in [5, 5.41) is 12.2. The van der Waals surface area contributed by atoms with Gasteiger partial charge in [0.2, 0.25) is 11.7 Å². The molecule has 10 heteroatoms. The fourth-order valence-corrected chi connectivity index (χ4v) is 3.50. The van der Waals surface area contributed by atoms with Gasteiger partial charge in [-0.25, -0.2) is 9.67 Å². The number of rotatable bonds is 7. The van der Waals surface area contributed by atoms with Crippen molar-refractivity contribution in [3.8, 4) is 17.1 Å². The summed E-state index contributed by atoms with van der Waals surface area (Å²) in [6, 6.07) is 15.4. The molecule has 0 fully saturated rings. The van der Waals surface area contributed by atoms with Crippen molar-refractivity contribution in [2.24, 2.45) is 0 Å². The van der Waals surface area contributed by atoms with Crippen molar-refractivity contribution in [2.75, 3.05) is 6.61 Å². The molecule has 3 aromatic heterocycles. The fourth-order valence-electron chi connectivity index (χ4n) is 3.50. The van der Waals surface area contributed by atoms with Crippen LogP contribution in [0.15, 0.2) is 64.2 Å². The van der Waals surface area contributed by atoms with Crippen molar-refractivity contribution >= 4 is 11.2 Å². The first-order valence-corrected chi connectivity index (χ1v) is 10.5. The summed E-state index contributed by atoms with van der Waals surface area (Å²) in [6.07, 6.45) is 1.45. The Labute approximate surface area is 188 Å². The van der Waals surface area contributed by atoms with Gasteiger partial charge in [0.25, 0.3) is 5.56 Å². The lowest BCUT2D eigenvalue weighted by atomic mass is 10.1. The van der Waals surface area contributed by atoms with Crippen LogP contribution in [-0.2, 0) is 13.1 Å². The summed E-state index contributed by atoms with van der Waals surface area (Å²) in [6.45, 7) is 5.11. The van der Waals surface area contributed by atoms with Crippen LogP contribution in [0.25, 0.3) is 22.6 Å². The van der Waals surface area contributed by atoms with Gasteiger partial charge in [0, 0.05) is 5.56 Å². The molecule has 5 rings (SSSR count). The zero-order valence-corrected chi connectivity index (χ0v) is 18.2. The number of hydrogen-bond acceptors (Lipinski definition) is 8. The van der Waals surface area contributed by atoms with Crippen LogP contribution >= 0.6 is 0 Å². The van der Waals surface area contributed by atoms with Crippen molar-refractivity contribution in [1.82, 2.24) is 34.7 Å². The number of fused-ring (bicyclic) bond motifs is 1. The number of benzene rings is 2. The maximum atomic E-state index is 12.9. The van der Waals surface area contributed by atoms with Gasteiger partial charge in [-0.15, -0.1) is 5.10 Å². The summed E-state index contributed by atoms with van der Waals surface area (Å²) in [7, 11) is 0. The van der Waals surface area contributed by atoms with Crippen molar-refractivity contribution in [3.05, 3.63) is 82.2 Å². The molecule has 0 bridgehead atoms. The fraction of sp³-hybridized carbons (Fsp3) is 0.217. The van der Waals surface area contributed by atoms with Crippen LogP contribution in [0.1, 0.15) is 23.9 Å². The van der Waals surface area contributed by atoms with Crippen molar-refractivity contribution < 1.29 is 9.26 Å². The number of aromatic nitrogens is 7. The van der Waals surface area contributed by atoms with E-state index in [4.69, 9.17) is 9.26 Å². The van der Waals surface area contributed by atoms with Gasteiger partial charge in [-0.3, -0.25) is 9.36 Å². The van der Waals surface area contributed by atoms with Crippen LogP contribution < -0.4 is 10.3 Å². The molecule has 0 aliphatic carbocycles. The van der Waals surface area contributed by atoms with E-state index >= 15 is 0 Å². The standard InChI is InChI=1S/C23H21N7O3/c1-3-32-18-10-8-16(9-11-18)21-25-19(33-27-21)13-29-14-24-22-20(23(29)31)26-28-30(22)12-17-7-5-4-6-15(17)2/h4-11,14H,3,12-13H2,1-2H3. The lowest BCUT2D eigenvalue weighted by Gasteiger charge is -2.06. The lowest BCUT2D eigenvalue weighted by Crippen LogP contribution is -2.21. The molecule has 0 N–H and O–H groups in total. The molecule has 0 aliphatic heterocycles. The zero-order chi connectivity index (χ0) is 22.8. The van der Waals surface area contributed by atoms with E-state index in [9.17, 15) is 4.79 Å². The second-order valence-corrected chi connectivity index (χ2v) is 7.49. The van der Waals surface area contributed by atoms with E-state index in [1.54, 1.807) is 4.68 Å². The zero-order valence-electron chi connectivity index (χ0n) is 18.2. The van der Waals surface area contributed by atoms with Crippen LogP contribution in [0, 0.1) is 6.92 Å². The smallest absolute Gasteiger partial charge is 0.283 e. The SMILES string of the molecule is CCOc1ccc(-c2noc(Cn3cnc4c(nnn4Cc4ccccc4C)c3=O)n2)cc1. The van der Waals surface area contributed by atoms with E-state index in [1.807, 2.05) is 62.4 Å². The minimum absolute atomic E-state index is 0.0798. The second-order valence-electron chi connectivity index (χ2n) is 7.49. The molecule has 10 nitrogen and oxygen atoms in total. The Hall–Kier alpha value is -4.34. The first-order chi connectivity index (χ1) is 16.1. The normalized spacial score (nSPS) is 11.2. The molecule has 0 atom stereocenters. The third-order valence-corrected chi connectivity index (χ3v) is 5.27. The van der Waals surface area contributed by atoms with E-state index in [0.29, 0.717) is 24.6 Å². The van der Waals surface area contributed by atoms with Crippen LogP contribution in [-0.4, -0.2) is 41.3 Å². The Balaban J connectivity index is 1.37. The molecule has 0 saturated heterocycles. The van der Waals surface area contributed by atoms with Gasteiger partial charge in [-0.1, -0.05) is 34.6 Å². The summed E-state index contributed by atoms with van der Waals surface area (Å²) in [5.74, 6) is 1.49. The third kappa shape index (κ3) is 4.10. The summed E-state index contributed by atoms with van der Waals surface area (Å²) in [5.41, 5.74) is 3.31. The summed E-state index contributed by atoms with van der Waals surface area (Å²) < 4.78 is 13.8. The topological polar surface area (TPSA) is 114 Å². The molecule has 0 amide bonds. The van der Waals surface area contributed by atoms with Crippen molar-refractivity contribution in [3.63, 3.8) is 0 Å². The van der Waals surface area contributed by atoms with E-state index in [2.05, 4.69) is 25.4 Å². The molecule has 2 aromatic carbocycles. The molecule has 33 heavy (non-hydrogen) atoms. The molecule has 0 saturated carbocycles. The maximum Gasteiger partial charge on any atom is 0.283 e. The molecular formula is C23H21N7O3. The van der Waals surface area contributed by atoms with Crippen LogP contribution in [0.5, 0.6) is 5.75 Å². The molecule has 0 radical (unpaired) electrons. The summed E-state index contributed by atoms with van der Waals surface area (Å²) in [4.78, 5) is 21.8. The second kappa shape index (κ2) is 8.65. The first kappa shape index (κ1) is 20.6. The maximum absolute atomic E-state index is 12.9. The number of hydrogen-bond donors (Lipinski definition) is 0. The van der Waals surface area contributed by atoms with Gasteiger partial charge in [0.1, 0.15) is 18.6 Å². The highest BCUT2D eigenvalue weighted by atomic mass is 16.5. The van der Waals surface area contributed by atoms with Gasteiger partial charge in [0.15, 0.2) is 11.2 Å². The Morgan fingerprint density at radius 2 is 1.88 bits per heavy atom. The molecule has 166 valence electrons. The minimum Gasteiger partial charge on any atom is -0.494 e. The van der Waals surface area contributed by atoms with Gasteiger partial charge in [0.05, 0.1) is 13.2 Å². The van der Waals surface area contributed by atoms with Crippen LogP contribution in [0.3, 0.4) is 0 Å². The van der Waals surface area contributed by atoms with Crippen LogP contribution in [0.2, 0.25) is 0 Å². The molecular weight excluding hydrogens is 422 g/mol. The predicted octanol–water partition coefficient (Wildman–Crippen LogP) is 2.84. The van der Waals surface area contributed by atoms with Crippen LogP contribution in [0.4, 0.5) is 0 Å². The number of aryl methyl sites for hydroxylation is 1. The van der Waals surface area contributed by atoms with E-state index < -0.39 is 0 Å². The summed E-state index contributed by atoms with van der Waals surface area (Å²) >= 11 is 0. The van der Waals surface area contributed by atoms with Gasteiger partial charge in [-0.2, -0.15) is 4.98 Å². The molecule has 0 spiro atoms. The molecule has 0 aliphatic rings. The number of ether oxygens (including phenoxy) is 1. The minimum atomic E-state index is -0.322. The lowest BCUT2D eigenvalue weighted by molar-refractivity contribution is 0.340. The Morgan fingerprint density at radius 1 is 1.06 bits per heavy atom. The predicted molar refractivity (Wildman–Crippen MR) is 120 cm³/mol. The Morgan fingerprint density at radius 3 is 2.67 bits per heavy atom. The molecule has 0 unspecified atom stereocenters. The first-order valence-electron chi connectivity index (χ1n) is 10.5. The highest BCUT2D eigenvalue weighted by Gasteiger charge is 2.15. The largest absolute Gasteiger partial charge is 0.494 e. The monoisotopic (exact) mass is 443 g/mol. The van der Waals surface area contributed by atoms with Gasteiger partial charge < -0.3 is 9.26 Å². The van der Waals surface area contributed by atoms with Crippen molar-refractivity contribution in [2.45, 2.75) is 26.9 Å². The molecule has 3 heterocycles. The Kier molecular flexibility index (Phi) is 5.39. The Bertz CT molecular complexity index is 1470. The highest BCUT2D eigenvalue weighted by molar-refractivity contribution is 5.67. The van der Waals surface area contributed by atoms with Crippen molar-refractivity contribution in [1.29, 1.82) is 0 Å². The van der Waals surface area contributed by atoms with E-state index in [1.165, 1.54) is 10.9 Å². The molecule has 5 aromatic rings. The average Bonchev–Trinajstić information content (AvgIpc) is 3.46.